The SMILES string of the molecule is CCc1nn(C)cc1-c1nc(CC)c(C)c(NC)n1. The fourth-order valence-corrected chi connectivity index (χ4v) is 2.25. The number of aryl methyl sites for hydroxylation is 3. The maximum absolute atomic E-state index is 4.69. The van der Waals surface area contributed by atoms with Crippen LogP contribution in [0.3, 0.4) is 0 Å². The lowest BCUT2D eigenvalue weighted by atomic mass is 10.1. The van der Waals surface area contributed by atoms with Gasteiger partial charge < -0.3 is 5.32 Å². The molecule has 5 nitrogen and oxygen atoms in total. The van der Waals surface area contributed by atoms with E-state index in [4.69, 9.17) is 0 Å². The highest BCUT2D eigenvalue weighted by atomic mass is 15.3. The second kappa shape index (κ2) is 5.38. The van der Waals surface area contributed by atoms with Crippen LogP contribution in [0.2, 0.25) is 0 Å². The van der Waals surface area contributed by atoms with Gasteiger partial charge in [-0.05, 0) is 19.8 Å². The van der Waals surface area contributed by atoms with Crippen molar-refractivity contribution in [1.82, 2.24) is 19.7 Å². The van der Waals surface area contributed by atoms with Gasteiger partial charge >= 0.3 is 0 Å². The van der Waals surface area contributed by atoms with Crippen LogP contribution < -0.4 is 5.32 Å². The van der Waals surface area contributed by atoms with E-state index in [0.29, 0.717) is 0 Å². The van der Waals surface area contributed by atoms with E-state index in [0.717, 1.165) is 47.0 Å². The molecule has 1 N–H and O–H groups in total. The van der Waals surface area contributed by atoms with Gasteiger partial charge in [0.1, 0.15) is 5.82 Å². The number of rotatable bonds is 4. The quantitative estimate of drug-likeness (QED) is 0.915. The zero-order valence-electron chi connectivity index (χ0n) is 12.3. The normalized spacial score (nSPS) is 10.8. The lowest BCUT2D eigenvalue weighted by Crippen LogP contribution is -2.05. The van der Waals surface area contributed by atoms with Crippen molar-refractivity contribution in [2.24, 2.45) is 7.05 Å². The number of nitrogens with one attached hydrogen (secondary N) is 1. The van der Waals surface area contributed by atoms with Gasteiger partial charge in [-0.2, -0.15) is 5.10 Å². The van der Waals surface area contributed by atoms with Crippen LogP contribution in [0.25, 0.3) is 11.4 Å². The Morgan fingerprint density at radius 1 is 1.16 bits per heavy atom. The largest absolute Gasteiger partial charge is 0.373 e. The van der Waals surface area contributed by atoms with E-state index in [1.807, 2.05) is 25.0 Å². The summed E-state index contributed by atoms with van der Waals surface area (Å²) >= 11 is 0. The van der Waals surface area contributed by atoms with Crippen molar-refractivity contribution in [3.8, 4) is 11.4 Å². The molecule has 0 aliphatic heterocycles. The molecule has 0 unspecified atom stereocenters. The monoisotopic (exact) mass is 259 g/mol. The molecule has 0 spiro atoms. The van der Waals surface area contributed by atoms with Gasteiger partial charge in [0.2, 0.25) is 0 Å². The number of nitrogens with zero attached hydrogens (tertiary/aromatic N) is 4. The fraction of sp³-hybridized carbons (Fsp3) is 0.500. The maximum atomic E-state index is 4.69. The molecule has 5 heteroatoms. The van der Waals surface area contributed by atoms with Crippen molar-refractivity contribution >= 4 is 5.82 Å². The van der Waals surface area contributed by atoms with Gasteiger partial charge in [-0.25, -0.2) is 9.97 Å². The molecular weight excluding hydrogens is 238 g/mol. The van der Waals surface area contributed by atoms with Crippen molar-refractivity contribution in [1.29, 1.82) is 0 Å². The first kappa shape index (κ1) is 13.5. The molecule has 2 rings (SSSR count). The van der Waals surface area contributed by atoms with E-state index in [1.54, 1.807) is 0 Å². The van der Waals surface area contributed by atoms with Crippen LogP contribution in [0.5, 0.6) is 0 Å². The van der Waals surface area contributed by atoms with E-state index in [2.05, 4.69) is 41.2 Å². The number of anilines is 1. The van der Waals surface area contributed by atoms with Crippen molar-refractivity contribution in [3.63, 3.8) is 0 Å². The predicted octanol–water partition coefficient (Wildman–Crippen LogP) is 2.35. The second-order valence-corrected chi connectivity index (χ2v) is 4.59. The van der Waals surface area contributed by atoms with Crippen LogP contribution in [-0.4, -0.2) is 26.8 Å². The summed E-state index contributed by atoms with van der Waals surface area (Å²) in [5.41, 5.74) is 4.27. The van der Waals surface area contributed by atoms with Gasteiger partial charge in [0, 0.05) is 31.5 Å². The molecule has 2 heterocycles. The molecule has 0 aliphatic rings. The molecule has 0 atom stereocenters. The van der Waals surface area contributed by atoms with Gasteiger partial charge in [0.05, 0.1) is 11.3 Å². The minimum absolute atomic E-state index is 0.761. The van der Waals surface area contributed by atoms with Crippen LogP contribution >= 0.6 is 0 Å². The summed E-state index contributed by atoms with van der Waals surface area (Å²) < 4.78 is 1.82. The van der Waals surface area contributed by atoms with Gasteiger partial charge in [-0.3, -0.25) is 4.68 Å². The van der Waals surface area contributed by atoms with Crippen LogP contribution in [-0.2, 0) is 19.9 Å². The average molecular weight is 259 g/mol. The first-order valence-electron chi connectivity index (χ1n) is 6.68. The van der Waals surface area contributed by atoms with Crippen molar-refractivity contribution in [3.05, 3.63) is 23.1 Å². The third-order valence-corrected chi connectivity index (χ3v) is 3.30. The highest BCUT2D eigenvalue weighted by Gasteiger charge is 2.15. The highest BCUT2D eigenvalue weighted by molar-refractivity contribution is 5.61. The summed E-state index contributed by atoms with van der Waals surface area (Å²) in [7, 11) is 3.82. The Kier molecular flexibility index (Phi) is 3.83. The summed E-state index contributed by atoms with van der Waals surface area (Å²) in [4.78, 5) is 9.30. The second-order valence-electron chi connectivity index (χ2n) is 4.59. The Hall–Kier alpha value is -1.91. The predicted molar refractivity (Wildman–Crippen MR) is 77.3 cm³/mol. The lowest BCUT2D eigenvalue weighted by molar-refractivity contribution is 0.746. The third-order valence-electron chi connectivity index (χ3n) is 3.30. The Balaban J connectivity index is 2.61. The van der Waals surface area contributed by atoms with E-state index < -0.39 is 0 Å². The van der Waals surface area contributed by atoms with Gasteiger partial charge in [-0.15, -0.1) is 0 Å². The Labute approximate surface area is 114 Å². The van der Waals surface area contributed by atoms with Crippen LogP contribution in [0.15, 0.2) is 6.20 Å². The third kappa shape index (κ3) is 2.45. The summed E-state index contributed by atoms with van der Waals surface area (Å²) in [5, 5.41) is 7.60. The fourth-order valence-electron chi connectivity index (χ4n) is 2.25. The molecule has 0 fully saturated rings. The zero-order valence-corrected chi connectivity index (χ0v) is 12.3. The van der Waals surface area contributed by atoms with E-state index >= 15 is 0 Å². The lowest BCUT2D eigenvalue weighted by Gasteiger charge is -2.10. The van der Waals surface area contributed by atoms with Gasteiger partial charge in [-0.1, -0.05) is 13.8 Å². The molecule has 19 heavy (non-hydrogen) atoms. The molecule has 2 aromatic rings. The number of hydrogen-bond donors (Lipinski definition) is 1. The number of hydrogen-bond acceptors (Lipinski definition) is 4. The molecule has 0 saturated carbocycles. The molecule has 0 bridgehead atoms. The van der Waals surface area contributed by atoms with Crippen LogP contribution in [0, 0.1) is 6.92 Å². The summed E-state index contributed by atoms with van der Waals surface area (Å²) in [6, 6.07) is 0. The smallest absolute Gasteiger partial charge is 0.165 e. The van der Waals surface area contributed by atoms with Crippen molar-refractivity contribution < 1.29 is 0 Å². The molecule has 2 aromatic heterocycles. The van der Waals surface area contributed by atoms with Gasteiger partial charge in [0.15, 0.2) is 5.82 Å². The minimum Gasteiger partial charge on any atom is -0.373 e. The average Bonchev–Trinajstić information content (AvgIpc) is 2.80. The standard InChI is InChI=1S/C14H21N5/c1-6-11-9(3)13(15-4)17-14(16-11)10-8-19(5)18-12(10)7-2/h8H,6-7H2,1-5H3,(H,15,16,17). The Morgan fingerprint density at radius 3 is 2.42 bits per heavy atom. The number of aromatic nitrogens is 4. The highest BCUT2D eigenvalue weighted by Crippen LogP contribution is 2.24. The Morgan fingerprint density at radius 2 is 1.84 bits per heavy atom. The van der Waals surface area contributed by atoms with E-state index in [-0.39, 0.29) is 0 Å². The van der Waals surface area contributed by atoms with Gasteiger partial charge in [0.25, 0.3) is 0 Å². The van der Waals surface area contributed by atoms with Crippen LogP contribution in [0.4, 0.5) is 5.82 Å². The molecule has 0 amide bonds. The zero-order chi connectivity index (χ0) is 14.0. The maximum Gasteiger partial charge on any atom is 0.165 e. The molecule has 0 saturated heterocycles. The molecular formula is C14H21N5. The molecule has 0 aliphatic carbocycles. The Bertz CT molecular complexity index is 561. The first-order valence-corrected chi connectivity index (χ1v) is 6.68. The van der Waals surface area contributed by atoms with Crippen molar-refractivity contribution in [2.75, 3.05) is 12.4 Å². The minimum atomic E-state index is 0.761. The summed E-state index contributed by atoms with van der Waals surface area (Å²) in [6.07, 6.45) is 3.77. The summed E-state index contributed by atoms with van der Waals surface area (Å²) in [5.74, 6) is 1.66. The molecule has 102 valence electrons. The first-order chi connectivity index (χ1) is 9.10. The molecule has 0 radical (unpaired) electrons. The van der Waals surface area contributed by atoms with E-state index in [9.17, 15) is 0 Å². The summed E-state index contributed by atoms with van der Waals surface area (Å²) in [6.45, 7) is 6.26. The van der Waals surface area contributed by atoms with Crippen LogP contribution in [0.1, 0.15) is 30.8 Å². The topological polar surface area (TPSA) is 55.6 Å². The van der Waals surface area contributed by atoms with Crippen molar-refractivity contribution in [2.45, 2.75) is 33.6 Å². The van der Waals surface area contributed by atoms with E-state index in [1.165, 1.54) is 0 Å². The molecule has 0 aromatic carbocycles.